The standard InChI is InChI=1S/C13H14N2O4/c14-11(16)6-7-15-13(19)10-3-1-2-9(8-10)4-5-12(17)18/h1-5,8H,6-7H2,(H2,14,16)(H,15,19)(H,17,18)/b5-4+. The second-order valence-corrected chi connectivity index (χ2v) is 3.77. The summed E-state index contributed by atoms with van der Waals surface area (Å²) in [6.45, 7) is 0.170. The normalized spacial score (nSPS) is 10.3. The first kappa shape index (κ1) is 14.4. The van der Waals surface area contributed by atoms with E-state index in [1.54, 1.807) is 24.3 Å². The molecule has 0 aliphatic heterocycles. The number of hydrogen-bond acceptors (Lipinski definition) is 3. The van der Waals surface area contributed by atoms with Gasteiger partial charge in [0.25, 0.3) is 5.91 Å². The van der Waals surface area contributed by atoms with Crippen LogP contribution in [0.1, 0.15) is 22.3 Å². The molecule has 1 aromatic rings. The minimum absolute atomic E-state index is 0.0738. The average Bonchev–Trinajstić information content (AvgIpc) is 2.36. The molecule has 0 aromatic heterocycles. The Kier molecular flexibility index (Phi) is 5.28. The van der Waals surface area contributed by atoms with Crippen LogP contribution in [-0.2, 0) is 9.59 Å². The smallest absolute Gasteiger partial charge is 0.328 e. The average molecular weight is 262 g/mol. The van der Waals surface area contributed by atoms with Crippen molar-refractivity contribution in [3.05, 3.63) is 41.5 Å². The first-order chi connectivity index (χ1) is 8.99. The van der Waals surface area contributed by atoms with Crippen LogP contribution in [0.15, 0.2) is 30.3 Å². The molecule has 0 saturated carbocycles. The number of carboxylic acid groups (broad SMARTS) is 1. The zero-order valence-electron chi connectivity index (χ0n) is 10.1. The van der Waals surface area contributed by atoms with Crippen LogP contribution in [0.3, 0.4) is 0 Å². The van der Waals surface area contributed by atoms with Crippen LogP contribution in [0.5, 0.6) is 0 Å². The lowest BCUT2D eigenvalue weighted by Crippen LogP contribution is -2.27. The maximum absolute atomic E-state index is 11.7. The Balaban J connectivity index is 2.67. The minimum Gasteiger partial charge on any atom is -0.478 e. The van der Waals surface area contributed by atoms with Crippen LogP contribution >= 0.6 is 0 Å². The highest BCUT2D eigenvalue weighted by molar-refractivity contribution is 5.95. The quantitative estimate of drug-likeness (QED) is 0.644. The van der Waals surface area contributed by atoms with Crippen molar-refractivity contribution in [3.8, 4) is 0 Å². The minimum atomic E-state index is -1.06. The van der Waals surface area contributed by atoms with E-state index in [-0.39, 0.29) is 18.9 Å². The van der Waals surface area contributed by atoms with E-state index in [0.717, 1.165) is 6.08 Å². The van der Waals surface area contributed by atoms with Crippen LogP contribution in [0.4, 0.5) is 0 Å². The molecule has 0 atom stereocenters. The molecule has 0 fully saturated rings. The summed E-state index contributed by atoms with van der Waals surface area (Å²) in [5, 5.41) is 11.1. The Morgan fingerprint density at radius 3 is 2.68 bits per heavy atom. The number of carboxylic acids is 1. The summed E-state index contributed by atoms with van der Waals surface area (Å²) in [4.78, 5) is 32.6. The largest absolute Gasteiger partial charge is 0.478 e. The predicted octanol–water partition coefficient (Wildman–Crippen LogP) is 0.390. The van der Waals surface area contributed by atoms with Crippen LogP contribution in [0, 0.1) is 0 Å². The maximum Gasteiger partial charge on any atom is 0.328 e. The molecule has 19 heavy (non-hydrogen) atoms. The third-order valence-electron chi connectivity index (χ3n) is 2.22. The summed E-state index contributed by atoms with van der Waals surface area (Å²) < 4.78 is 0. The molecule has 100 valence electrons. The summed E-state index contributed by atoms with van der Waals surface area (Å²) in [5.41, 5.74) is 5.94. The fourth-order valence-electron chi connectivity index (χ4n) is 1.35. The second-order valence-electron chi connectivity index (χ2n) is 3.77. The van der Waals surface area contributed by atoms with Crippen molar-refractivity contribution in [1.82, 2.24) is 5.32 Å². The number of aliphatic carboxylic acids is 1. The number of nitrogens with one attached hydrogen (secondary N) is 1. The monoisotopic (exact) mass is 262 g/mol. The summed E-state index contributed by atoms with van der Waals surface area (Å²) in [5.74, 6) is -1.89. The lowest BCUT2D eigenvalue weighted by atomic mass is 10.1. The van der Waals surface area contributed by atoms with Gasteiger partial charge in [0.15, 0.2) is 0 Å². The number of benzene rings is 1. The van der Waals surface area contributed by atoms with Crippen LogP contribution in [0.2, 0.25) is 0 Å². The third kappa shape index (κ3) is 5.49. The van der Waals surface area contributed by atoms with Crippen molar-refractivity contribution < 1.29 is 19.5 Å². The van der Waals surface area contributed by atoms with Crippen molar-refractivity contribution >= 4 is 23.9 Å². The number of carbonyl (C=O) groups is 3. The van der Waals surface area contributed by atoms with E-state index in [1.807, 2.05) is 0 Å². The summed E-state index contributed by atoms with van der Waals surface area (Å²) in [6, 6.07) is 6.47. The molecule has 6 nitrogen and oxygen atoms in total. The highest BCUT2D eigenvalue weighted by Crippen LogP contribution is 2.07. The Labute approximate surface area is 109 Å². The highest BCUT2D eigenvalue weighted by Gasteiger charge is 2.05. The number of carbonyl (C=O) groups excluding carboxylic acids is 2. The van der Waals surface area contributed by atoms with Crippen molar-refractivity contribution in [1.29, 1.82) is 0 Å². The van der Waals surface area contributed by atoms with Gasteiger partial charge in [0.2, 0.25) is 5.91 Å². The summed E-state index contributed by atoms with van der Waals surface area (Å²) >= 11 is 0. The topological polar surface area (TPSA) is 109 Å². The number of primary amides is 1. The Morgan fingerprint density at radius 1 is 1.32 bits per heavy atom. The van der Waals surface area contributed by atoms with Crippen molar-refractivity contribution in [2.75, 3.05) is 6.54 Å². The number of amides is 2. The SMILES string of the molecule is NC(=O)CCNC(=O)c1cccc(/C=C/C(=O)O)c1. The van der Waals surface area contributed by atoms with Gasteiger partial charge in [0.1, 0.15) is 0 Å². The summed E-state index contributed by atoms with van der Waals surface area (Å²) in [7, 11) is 0. The van der Waals surface area contributed by atoms with Crippen LogP contribution in [0.25, 0.3) is 6.08 Å². The second kappa shape index (κ2) is 6.95. The number of rotatable bonds is 6. The van der Waals surface area contributed by atoms with E-state index in [2.05, 4.69) is 5.32 Å². The Morgan fingerprint density at radius 2 is 2.05 bits per heavy atom. The molecule has 0 unspecified atom stereocenters. The molecular formula is C13H14N2O4. The van der Waals surface area contributed by atoms with Crippen LogP contribution < -0.4 is 11.1 Å². The summed E-state index contributed by atoms with van der Waals surface area (Å²) in [6.07, 6.45) is 2.46. The maximum atomic E-state index is 11.7. The molecule has 0 bridgehead atoms. The van der Waals surface area contributed by atoms with Gasteiger partial charge in [0, 0.05) is 24.6 Å². The van der Waals surface area contributed by atoms with Gasteiger partial charge in [-0.05, 0) is 23.8 Å². The van der Waals surface area contributed by atoms with Gasteiger partial charge in [-0.25, -0.2) is 4.79 Å². The molecule has 1 aromatic carbocycles. The van der Waals surface area contributed by atoms with Gasteiger partial charge in [-0.1, -0.05) is 12.1 Å². The van der Waals surface area contributed by atoms with E-state index >= 15 is 0 Å². The van der Waals surface area contributed by atoms with Crippen molar-refractivity contribution in [3.63, 3.8) is 0 Å². The van der Waals surface area contributed by atoms with E-state index in [0.29, 0.717) is 11.1 Å². The predicted molar refractivity (Wildman–Crippen MR) is 69.3 cm³/mol. The van der Waals surface area contributed by atoms with Gasteiger partial charge in [0.05, 0.1) is 0 Å². The molecule has 0 saturated heterocycles. The van der Waals surface area contributed by atoms with Gasteiger partial charge >= 0.3 is 5.97 Å². The number of hydrogen-bond donors (Lipinski definition) is 3. The number of nitrogens with two attached hydrogens (primary N) is 1. The van der Waals surface area contributed by atoms with E-state index in [4.69, 9.17) is 10.8 Å². The fourth-order valence-corrected chi connectivity index (χ4v) is 1.35. The molecule has 4 N–H and O–H groups in total. The van der Waals surface area contributed by atoms with Crippen molar-refractivity contribution in [2.24, 2.45) is 5.73 Å². The molecule has 0 radical (unpaired) electrons. The third-order valence-corrected chi connectivity index (χ3v) is 2.22. The van der Waals surface area contributed by atoms with Gasteiger partial charge in [-0.15, -0.1) is 0 Å². The van der Waals surface area contributed by atoms with E-state index < -0.39 is 11.9 Å². The zero-order valence-corrected chi connectivity index (χ0v) is 10.1. The molecule has 0 aliphatic rings. The molecule has 2 amide bonds. The molecular weight excluding hydrogens is 248 g/mol. The van der Waals surface area contributed by atoms with E-state index in [9.17, 15) is 14.4 Å². The van der Waals surface area contributed by atoms with Gasteiger partial charge in [-0.3, -0.25) is 9.59 Å². The van der Waals surface area contributed by atoms with Crippen molar-refractivity contribution in [2.45, 2.75) is 6.42 Å². The first-order valence-electron chi connectivity index (χ1n) is 5.56. The molecule has 0 aliphatic carbocycles. The van der Waals surface area contributed by atoms with Gasteiger partial charge < -0.3 is 16.2 Å². The van der Waals surface area contributed by atoms with Crippen LogP contribution in [-0.4, -0.2) is 29.4 Å². The molecule has 0 heterocycles. The highest BCUT2D eigenvalue weighted by atomic mass is 16.4. The fraction of sp³-hybridized carbons (Fsp3) is 0.154. The van der Waals surface area contributed by atoms with Gasteiger partial charge in [-0.2, -0.15) is 0 Å². The molecule has 6 heteroatoms. The lowest BCUT2D eigenvalue weighted by molar-refractivity contribution is -0.131. The zero-order chi connectivity index (χ0) is 14.3. The van der Waals surface area contributed by atoms with E-state index in [1.165, 1.54) is 6.08 Å². The Hall–Kier alpha value is -2.63. The lowest BCUT2D eigenvalue weighted by Gasteiger charge is -2.04. The Bertz CT molecular complexity index is 523. The molecule has 1 rings (SSSR count). The molecule has 0 spiro atoms. The first-order valence-corrected chi connectivity index (χ1v) is 5.56.